The van der Waals surface area contributed by atoms with Crippen molar-refractivity contribution in [2.75, 3.05) is 6.54 Å². The first kappa shape index (κ1) is 13.6. The summed E-state index contributed by atoms with van der Waals surface area (Å²) in [6, 6.07) is 8.87. The van der Waals surface area contributed by atoms with Crippen LogP contribution in [-0.2, 0) is 17.8 Å². The van der Waals surface area contributed by atoms with Gasteiger partial charge in [-0.1, -0.05) is 24.6 Å². The third kappa shape index (κ3) is 2.03. The van der Waals surface area contributed by atoms with Gasteiger partial charge in [-0.05, 0) is 30.9 Å². The fourth-order valence-electron chi connectivity index (χ4n) is 4.69. The number of aromatic amines is 1. The van der Waals surface area contributed by atoms with E-state index in [1.165, 1.54) is 35.0 Å². The maximum absolute atomic E-state index is 13.0. The highest BCUT2D eigenvalue weighted by molar-refractivity contribution is 5.87. The van der Waals surface area contributed by atoms with Crippen LogP contribution in [0.3, 0.4) is 0 Å². The Kier molecular flexibility index (Phi) is 3.00. The molecular weight excluding hydrogens is 288 g/mol. The van der Waals surface area contributed by atoms with Gasteiger partial charge in [-0.25, -0.2) is 5.43 Å². The third-order valence-electron chi connectivity index (χ3n) is 5.88. The number of nitrogens with one attached hydrogen (secondary N) is 3. The quantitative estimate of drug-likeness (QED) is 0.751. The third-order valence-corrected chi connectivity index (χ3v) is 5.88. The van der Waals surface area contributed by atoms with Crippen molar-refractivity contribution in [1.29, 1.82) is 0 Å². The van der Waals surface area contributed by atoms with E-state index in [-0.39, 0.29) is 11.9 Å². The van der Waals surface area contributed by atoms with Crippen molar-refractivity contribution in [3.05, 3.63) is 35.5 Å². The van der Waals surface area contributed by atoms with E-state index in [1.54, 1.807) is 0 Å². The lowest BCUT2D eigenvalue weighted by atomic mass is 9.95. The number of para-hydroxylation sites is 1. The van der Waals surface area contributed by atoms with Crippen molar-refractivity contribution in [3.8, 4) is 0 Å². The van der Waals surface area contributed by atoms with Crippen LogP contribution in [0.2, 0.25) is 0 Å². The number of nitrogens with zero attached hydrogens (tertiary/aromatic N) is 1. The Morgan fingerprint density at radius 1 is 1.17 bits per heavy atom. The molecule has 2 aliphatic heterocycles. The van der Waals surface area contributed by atoms with Crippen LogP contribution in [0.1, 0.15) is 30.5 Å². The van der Waals surface area contributed by atoms with Crippen LogP contribution in [0.15, 0.2) is 24.3 Å². The number of rotatable bonds is 1. The van der Waals surface area contributed by atoms with Crippen LogP contribution in [-0.4, -0.2) is 34.4 Å². The Hall–Kier alpha value is -1.85. The van der Waals surface area contributed by atoms with E-state index in [1.807, 2.05) is 4.90 Å². The Bertz CT molecular complexity index is 767. The summed E-state index contributed by atoms with van der Waals surface area (Å²) in [4.78, 5) is 18.5. The number of carbonyl (C=O) groups is 1. The molecular formula is C18H22N4O. The number of hydrogen-bond donors (Lipinski definition) is 3. The molecule has 1 aromatic heterocycles. The van der Waals surface area contributed by atoms with E-state index in [0.29, 0.717) is 18.5 Å². The number of hydrazine groups is 1. The molecule has 3 unspecified atom stereocenters. The molecule has 5 rings (SSSR count). The SMILES string of the molecule is O=C(C1NNC2CCCC21)N1CCc2c([nH]c3ccccc23)C1. The highest BCUT2D eigenvalue weighted by Crippen LogP contribution is 2.33. The molecule has 23 heavy (non-hydrogen) atoms. The van der Waals surface area contributed by atoms with Gasteiger partial charge in [0.05, 0.1) is 6.54 Å². The van der Waals surface area contributed by atoms with Gasteiger partial charge in [-0.3, -0.25) is 10.2 Å². The summed E-state index contributed by atoms with van der Waals surface area (Å²) in [5.41, 5.74) is 10.4. The molecule has 3 heterocycles. The second-order valence-electron chi connectivity index (χ2n) is 7.11. The number of carbonyl (C=O) groups excluding carboxylic acids is 1. The summed E-state index contributed by atoms with van der Waals surface area (Å²) in [5, 5.41) is 1.31. The Morgan fingerprint density at radius 3 is 3.04 bits per heavy atom. The van der Waals surface area contributed by atoms with Gasteiger partial charge in [-0.2, -0.15) is 0 Å². The van der Waals surface area contributed by atoms with Gasteiger partial charge >= 0.3 is 0 Å². The Morgan fingerprint density at radius 2 is 2.09 bits per heavy atom. The molecule has 1 saturated heterocycles. The van der Waals surface area contributed by atoms with Gasteiger partial charge < -0.3 is 9.88 Å². The average Bonchev–Trinajstić information content (AvgIpc) is 3.26. The summed E-state index contributed by atoms with van der Waals surface area (Å²) >= 11 is 0. The second kappa shape index (κ2) is 5.08. The van der Waals surface area contributed by atoms with Crippen LogP contribution in [0.5, 0.6) is 0 Å². The maximum Gasteiger partial charge on any atom is 0.241 e. The average molecular weight is 310 g/mol. The molecule has 1 aliphatic carbocycles. The summed E-state index contributed by atoms with van der Waals surface area (Å²) in [6.07, 6.45) is 4.53. The number of aromatic nitrogens is 1. The lowest BCUT2D eigenvalue weighted by Gasteiger charge is -2.30. The molecule has 0 bridgehead atoms. The van der Waals surface area contributed by atoms with Gasteiger partial charge in [0.25, 0.3) is 0 Å². The molecule has 0 radical (unpaired) electrons. The zero-order valence-corrected chi connectivity index (χ0v) is 13.1. The zero-order valence-electron chi connectivity index (χ0n) is 13.1. The van der Waals surface area contributed by atoms with E-state index in [2.05, 4.69) is 40.1 Å². The van der Waals surface area contributed by atoms with Crippen molar-refractivity contribution in [3.63, 3.8) is 0 Å². The first-order valence-corrected chi connectivity index (χ1v) is 8.69. The van der Waals surface area contributed by atoms with Crippen LogP contribution >= 0.6 is 0 Å². The summed E-state index contributed by atoms with van der Waals surface area (Å²) in [6.45, 7) is 1.53. The first-order chi connectivity index (χ1) is 11.3. The van der Waals surface area contributed by atoms with E-state index >= 15 is 0 Å². The maximum atomic E-state index is 13.0. The molecule has 0 spiro atoms. The Balaban J connectivity index is 1.40. The summed E-state index contributed by atoms with van der Waals surface area (Å²) in [7, 11) is 0. The predicted octanol–water partition coefficient (Wildman–Crippen LogP) is 1.70. The second-order valence-corrected chi connectivity index (χ2v) is 7.11. The van der Waals surface area contributed by atoms with Crippen LogP contribution in [0.25, 0.3) is 10.9 Å². The molecule has 2 fully saturated rings. The number of hydrogen-bond acceptors (Lipinski definition) is 3. The lowest BCUT2D eigenvalue weighted by molar-refractivity contribution is -0.135. The smallest absolute Gasteiger partial charge is 0.241 e. The van der Waals surface area contributed by atoms with Crippen molar-refractivity contribution in [2.24, 2.45) is 5.92 Å². The Labute approximate surface area is 135 Å². The minimum atomic E-state index is -0.0478. The van der Waals surface area contributed by atoms with Crippen molar-refractivity contribution in [1.82, 2.24) is 20.7 Å². The van der Waals surface area contributed by atoms with E-state index < -0.39 is 0 Å². The molecule has 3 atom stereocenters. The topological polar surface area (TPSA) is 60.2 Å². The number of fused-ring (bicyclic) bond motifs is 4. The highest BCUT2D eigenvalue weighted by atomic mass is 16.2. The molecule has 1 saturated carbocycles. The van der Waals surface area contributed by atoms with Gasteiger partial charge in [0.15, 0.2) is 0 Å². The summed E-state index contributed by atoms with van der Waals surface area (Å²) in [5.74, 6) is 0.725. The van der Waals surface area contributed by atoms with Crippen LogP contribution in [0.4, 0.5) is 0 Å². The zero-order chi connectivity index (χ0) is 15.4. The molecule has 2 aromatic rings. The molecule has 3 N–H and O–H groups in total. The van der Waals surface area contributed by atoms with E-state index in [0.717, 1.165) is 19.4 Å². The molecule has 5 nitrogen and oxygen atoms in total. The largest absolute Gasteiger partial charge is 0.357 e. The van der Waals surface area contributed by atoms with E-state index in [9.17, 15) is 4.79 Å². The van der Waals surface area contributed by atoms with Crippen LogP contribution in [0, 0.1) is 5.92 Å². The molecule has 120 valence electrons. The number of amides is 1. The van der Waals surface area contributed by atoms with Crippen molar-refractivity contribution < 1.29 is 4.79 Å². The van der Waals surface area contributed by atoms with E-state index in [4.69, 9.17) is 0 Å². The standard InChI is InChI=1S/C18H22N4O/c23-18(17-13-5-3-7-15(13)20-21-17)22-9-8-12-11-4-1-2-6-14(11)19-16(12)10-22/h1-2,4,6,13,15,17,19-21H,3,5,7-10H2. The number of benzene rings is 1. The summed E-state index contributed by atoms with van der Waals surface area (Å²) < 4.78 is 0. The predicted molar refractivity (Wildman–Crippen MR) is 88.6 cm³/mol. The molecule has 1 amide bonds. The van der Waals surface area contributed by atoms with Gasteiger partial charge in [0, 0.05) is 35.1 Å². The fraction of sp³-hybridized carbons (Fsp3) is 0.500. The van der Waals surface area contributed by atoms with Gasteiger partial charge in [0.1, 0.15) is 6.04 Å². The van der Waals surface area contributed by atoms with Gasteiger partial charge in [0.2, 0.25) is 5.91 Å². The van der Waals surface area contributed by atoms with Gasteiger partial charge in [-0.15, -0.1) is 0 Å². The van der Waals surface area contributed by atoms with Crippen molar-refractivity contribution in [2.45, 2.75) is 44.3 Å². The monoisotopic (exact) mass is 310 g/mol. The highest BCUT2D eigenvalue weighted by Gasteiger charge is 2.44. The van der Waals surface area contributed by atoms with Crippen molar-refractivity contribution >= 4 is 16.8 Å². The minimum absolute atomic E-state index is 0.0478. The minimum Gasteiger partial charge on any atom is -0.357 e. The number of H-pyrrole nitrogens is 1. The fourth-order valence-corrected chi connectivity index (χ4v) is 4.69. The van der Waals surface area contributed by atoms with Crippen LogP contribution < -0.4 is 10.9 Å². The molecule has 5 heteroatoms. The first-order valence-electron chi connectivity index (χ1n) is 8.69. The normalized spacial score (nSPS) is 29.7. The molecule has 3 aliphatic rings. The molecule has 1 aromatic carbocycles. The lowest BCUT2D eigenvalue weighted by Crippen LogP contribution is -2.49.